The van der Waals surface area contributed by atoms with Gasteiger partial charge in [-0.15, -0.1) is 11.8 Å². The quantitative estimate of drug-likeness (QED) is 0.650. The van der Waals surface area contributed by atoms with Crippen LogP contribution in [0.4, 0.5) is 26.7 Å². The molecule has 1 saturated heterocycles. The third-order valence-electron chi connectivity index (χ3n) is 4.73. The number of thioether (sulfide) groups is 1. The standard InChI is InChI=1S/C21H27N5O2S/c1-3-22-21(28)26-14-12-25(13-15-26)18-8-4-16(5-9-18)23-20(27)24-17-6-10-19(29-2)11-7-17/h4-11H,3,12-15H2,1-2H3,(H,22,28)(H2,23,24,27). The molecule has 7 nitrogen and oxygen atoms in total. The Kier molecular flexibility index (Phi) is 7.24. The van der Waals surface area contributed by atoms with Crippen LogP contribution in [0.3, 0.4) is 0 Å². The molecule has 2 aromatic carbocycles. The molecule has 0 aliphatic carbocycles. The van der Waals surface area contributed by atoms with E-state index in [0.717, 1.165) is 35.0 Å². The van der Waals surface area contributed by atoms with Crippen molar-refractivity contribution in [2.45, 2.75) is 11.8 Å². The molecule has 0 bridgehead atoms. The van der Waals surface area contributed by atoms with Crippen molar-refractivity contribution < 1.29 is 9.59 Å². The number of hydrogen-bond acceptors (Lipinski definition) is 4. The van der Waals surface area contributed by atoms with E-state index in [1.54, 1.807) is 11.8 Å². The minimum absolute atomic E-state index is 0.000740. The Morgan fingerprint density at radius 2 is 1.45 bits per heavy atom. The van der Waals surface area contributed by atoms with Gasteiger partial charge in [0.15, 0.2) is 0 Å². The number of nitrogens with one attached hydrogen (secondary N) is 3. The normalized spacial score (nSPS) is 13.7. The molecule has 1 aliphatic rings. The average Bonchev–Trinajstić information content (AvgIpc) is 2.75. The first-order chi connectivity index (χ1) is 14.1. The second-order valence-corrected chi connectivity index (χ2v) is 7.54. The zero-order valence-electron chi connectivity index (χ0n) is 16.8. The highest BCUT2D eigenvalue weighted by Crippen LogP contribution is 2.21. The van der Waals surface area contributed by atoms with E-state index in [1.165, 1.54) is 0 Å². The molecule has 0 aromatic heterocycles. The van der Waals surface area contributed by atoms with Gasteiger partial charge in [0, 0.05) is 54.7 Å². The Hall–Kier alpha value is -2.87. The van der Waals surface area contributed by atoms with Gasteiger partial charge in [-0.1, -0.05) is 0 Å². The molecule has 8 heteroatoms. The molecule has 0 spiro atoms. The summed E-state index contributed by atoms with van der Waals surface area (Å²) in [6, 6.07) is 15.2. The van der Waals surface area contributed by atoms with E-state index in [0.29, 0.717) is 19.6 Å². The first-order valence-corrected chi connectivity index (χ1v) is 10.9. The van der Waals surface area contributed by atoms with Crippen molar-refractivity contribution in [1.29, 1.82) is 0 Å². The van der Waals surface area contributed by atoms with Gasteiger partial charge in [0.25, 0.3) is 0 Å². The third kappa shape index (κ3) is 5.80. The van der Waals surface area contributed by atoms with Gasteiger partial charge >= 0.3 is 12.1 Å². The Balaban J connectivity index is 1.49. The minimum atomic E-state index is -0.273. The molecule has 0 unspecified atom stereocenters. The fourth-order valence-corrected chi connectivity index (χ4v) is 3.56. The summed E-state index contributed by atoms with van der Waals surface area (Å²) < 4.78 is 0. The van der Waals surface area contributed by atoms with Crippen molar-refractivity contribution in [1.82, 2.24) is 10.2 Å². The van der Waals surface area contributed by atoms with Crippen molar-refractivity contribution in [3.05, 3.63) is 48.5 Å². The van der Waals surface area contributed by atoms with Crippen molar-refractivity contribution in [3.8, 4) is 0 Å². The first-order valence-electron chi connectivity index (χ1n) is 9.69. The fraction of sp³-hybridized carbons (Fsp3) is 0.333. The summed E-state index contributed by atoms with van der Waals surface area (Å²) in [5.41, 5.74) is 2.56. The lowest BCUT2D eigenvalue weighted by molar-refractivity contribution is 0.195. The molecule has 3 N–H and O–H groups in total. The summed E-state index contributed by atoms with van der Waals surface area (Å²) in [5, 5.41) is 8.52. The summed E-state index contributed by atoms with van der Waals surface area (Å²) in [6.07, 6.45) is 2.02. The number of urea groups is 2. The van der Waals surface area contributed by atoms with Crippen molar-refractivity contribution in [3.63, 3.8) is 0 Å². The van der Waals surface area contributed by atoms with E-state index in [4.69, 9.17) is 0 Å². The number of rotatable bonds is 5. The smallest absolute Gasteiger partial charge is 0.323 e. The molecule has 29 heavy (non-hydrogen) atoms. The van der Waals surface area contributed by atoms with Crippen molar-refractivity contribution >= 4 is 40.9 Å². The average molecular weight is 414 g/mol. The topological polar surface area (TPSA) is 76.7 Å². The molecule has 1 heterocycles. The van der Waals surface area contributed by atoms with E-state index in [-0.39, 0.29) is 12.1 Å². The van der Waals surface area contributed by atoms with Crippen LogP contribution in [0.25, 0.3) is 0 Å². The van der Waals surface area contributed by atoms with Gasteiger partial charge in [0.05, 0.1) is 0 Å². The van der Waals surface area contributed by atoms with Crippen LogP contribution < -0.4 is 20.9 Å². The highest BCUT2D eigenvalue weighted by molar-refractivity contribution is 7.98. The summed E-state index contributed by atoms with van der Waals surface area (Å²) in [7, 11) is 0. The largest absolute Gasteiger partial charge is 0.368 e. The second-order valence-electron chi connectivity index (χ2n) is 6.66. The van der Waals surface area contributed by atoms with Gasteiger partial charge < -0.3 is 25.8 Å². The van der Waals surface area contributed by atoms with Crippen LogP contribution in [-0.2, 0) is 0 Å². The van der Waals surface area contributed by atoms with Crippen molar-refractivity contribution in [2.24, 2.45) is 0 Å². The summed E-state index contributed by atoms with van der Waals surface area (Å²) in [6.45, 7) is 5.54. The molecule has 0 atom stereocenters. The Labute approximate surface area is 175 Å². The van der Waals surface area contributed by atoms with E-state index < -0.39 is 0 Å². The highest BCUT2D eigenvalue weighted by atomic mass is 32.2. The van der Waals surface area contributed by atoms with Crippen LogP contribution in [0.1, 0.15) is 6.92 Å². The maximum Gasteiger partial charge on any atom is 0.323 e. The summed E-state index contributed by atoms with van der Waals surface area (Å²) >= 11 is 1.66. The zero-order chi connectivity index (χ0) is 20.6. The molecule has 0 saturated carbocycles. The predicted molar refractivity (Wildman–Crippen MR) is 120 cm³/mol. The Morgan fingerprint density at radius 1 is 0.897 bits per heavy atom. The van der Waals surface area contributed by atoms with E-state index in [2.05, 4.69) is 20.9 Å². The number of nitrogens with zero attached hydrogens (tertiary/aromatic N) is 2. The molecule has 0 radical (unpaired) electrons. The zero-order valence-corrected chi connectivity index (χ0v) is 17.6. The second kappa shape index (κ2) is 10.1. The molecular formula is C21H27N5O2S. The number of anilines is 3. The number of carbonyl (C=O) groups is 2. The molecule has 2 aromatic rings. The Morgan fingerprint density at radius 3 is 1.97 bits per heavy atom. The lowest BCUT2D eigenvalue weighted by atomic mass is 10.2. The monoisotopic (exact) mass is 413 g/mol. The molecule has 154 valence electrons. The predicted octanol–water partition coefficient (Wildman–Crippen LogP) is 3.90. The number of amides is 4. The van der Waals surface area contributed by atoms with Crippen LogP contribution >= 0.6 is 11.8 Å². The van der Waals surface area contributed by atoms with Gasteiger partial charge in [-0.3, -0.25) is 0 Å². The SMILES string of the molecule is CCNC(=O)N1CCN(c2ccc(NC(=O)Nc3ccc(SC)cc3)cc2)CC1. The lowest BCUT2D eigenvalue weighted by Gasteiger charge is -2.36. The van der Waals surface area contributed by atoms with Gasteiger partial charge in [-0.05, 0) is 61.7 Å². The molecule has 1 fully saturated rings. The number of benzene rings is 2. The molecule has 4 amide bonds. The lowest BCUT2D eigenvalue weighted by Crippen LogP contribution is -2.51. The van der Waals surface area contributed by atoms with Crippen molar-refractivity contribution in [2.75, 3.05) is 54.5 Å². The van der Waals surface area contributed by atoms with E-state index in [1.807, 2.05) is 66.6 Å². The number of hydrogen-bond donors (Lipinski definition) is 3. The van der Waals surface area contributed by atoms with Gasteiger partial charge in [0.1, 0.15) is 0 Å². The maximum atomic E-state index is 12.2. The fourth-order valence-electron chi connectivity index (χ4n) is 3.15. The highest BCUT2D eigenvalue weighted by Gasteiger charge is 2.20. The Bertz CT molecular complexity index is 818. The molecule has 3 rings (SSSR count). The third-order valence-corrected chi connectivity index (χ3v) is 5.48. The minimum Gasteiger partial charge on any atom is -0.368 e. The molecule has 1 aliphatic heterocycles. The number of piperazine rings is 1. The van der Waals surface area contributed by atoms with Crippen LogP contribution in [0, 0.1) is 0 Å². The van der Waals surface area contributed by atoms with Crippen LogP contribution in [-0.4, -0.2) is 55.9 Å². The first kappa shape index (κ1) is 20.9. The van der Waals surface area contributed by atoms with Crippen LogP contribution in [0.5, 0.6) is 0 Å². The van der Waals surface area contributed by atoms with Crippen LogP contribution in [0.2, 0.25) is 0 Å². The van der Waals surface area contributed by atoms with Gasteiger partial charge in [0.2, 0.25) is 0 Å². The summed E-state index contributed by atoms with van der Waals surface area (Å²) in [5.74, 6) is 0. The van der Waals surface area contributed by atoms with E-state index in [9.17, 15) is 9.59 Å². The van der Waals surface area contributed by atoms with Gasteiger partial charge in [-0.25, -0.2) is 9.59 Å². The summed E-state index contributed by atoms with van der Waals surface area (Å²) in [4.78, 5) is 29.3. The number of carbonyl (C=O) groups excluding carboxylic acids is 2. The molecular weight excluding hydrogens is 386 g/mol. The van der Waals surface area contributed by atoms with E-state index >= 15 is 0 Å². The van der Waals surface area contributed by atoms with Crippen LogP contribution in [0.15, 0.2) is 53.4 Å². The maximum absolute atomic E-state index is 12.2. The van der Waals surface area contributed by atoms with Gasteiger partial charge in [-0.2, -0.15) is 0 Å².